The van der Waals surface area contributed by atoms with E-state index in [0.29, 0.717) is 5.71 Å². The number of amides is 2. The number of ether oxygens (including phenoxy) is 1. The zero-order valence-corrected chi connectivity index (χ0v) is 12.8. The van der Waals surface area contributed by atoms with Gasteiger partial charge in [0, 0.05) is 25.2 Å². The lowest BCUT2D eigenvalue weighted by molar-refractivity contribution is 0.219. The van der Waals surface area contributed by atoms with Gasteiger partial charge in [0.1, 0.15) is 11.5 Å². The Labute approximate surface area is 129 Å². The number of hydrogen-bond acceptors (Lipinski definition) is 3. The van der Waals surface area contributed by atoms with Gasteiger partial charge in [-0.05, 0) is 18.2 Å². The summed E-state index contributed by atoms with van der Waals surface area (Å²) in [6.07, 6.45) is 0. The summed E-state index contributed by atoms with van der Waals surface area (Å²) < 4.78 is 5.45. The second kappa shape index (κ2) is 5.52. The van der Waals surface area contributed by atoms with Crippen molar-refractivity contribution >= 4 is 17.4 Å². The zero-order chi connectivity index (χ0) is 15.7. The van der Waals surface area contributed by atoms with Gasteiger partial charge in [-0.3, -0.25) is 4.90 Å². The Hall–Kier alpha value is -2.82. The van der Waals surface area contributed by atoms with Gasteiger partial charge in [-0.2, -0.15) is 5.10 Å². The molecule has 0 radical (unpaired) electrons. The van der Waals surface area contributed by atoms with Gasteiger partial charge < -0.3 is 4.74 Å². The highest BCUT2D eigenvalue weighted by molar-refractivity contribution is 6.19. The molecular weight excluding hydrogens is 278 g/mol. The fourth-order valence-electron chi connectivity index (χ4n) is 2.57. The second-order valence-corrected chi connectivity index (χ2v) is 5.03. The van der Waals surface area contributed by atoms with Crippen LogP contribution in [0.1, 0.15) is 11.1 Å². The van der Waals surface area contributed by atoms with Crippen LogP contribution in [0.25, 0.3) is 0 Å². The van der Waals surface area contributed by atoms with Gasteiger partial charge in [0.25, 0.3) is 0 Å². The Morgan fingerprint density at radius 1 is 0.955 bits per heavy atom. The Morgan fingerprint density at radius 3 is 2.32 bits per heavy atom. The standard InChI is InChI=1S/C17H17N3O2/c1-19-14-10-6-4-8-12(14)16(18-20(2)17(19)21)13-9-5-7-11-15(13)22-3/h4-11H,1-3H3. The molecule has 0 aromatic heterocycles. The van der Waals surface area contributed by atoms with Gasteiger partial charge in [-0.15, -0.1) is 0 Å². The van der Waals surface area contributed by atoms with Crippen molar-refractivity contribution in [2.24, 2.45) is 5.10 Å². The van der Waals surface area contributed by atoms with E-state index in [0.717, 1.165) is 22.6 Å². The number of urea groups is 1. The molecule has 3 rings (SSSR count). The maximum atomic E-state index is 12.4. The summed E-state index contributed by atoms with van der Waals surface area (Å²) in [6, 6.07) is 15.2. The fourth-order valence-corrected chi connectivity index (χ4v) is 2.57. The average molecular weight is 295 g/mol. The maximum Gasteiger partial charge on any atom is 0.344 e. The van der Waals surface area contributed by atoms with E-state index >= 15 is 0 Å². The number of methoxy groups -OCH3 is 1. The minimum absolute atomic E-state index is 0.183. The third kappa shape index (κ3) is 2.20. The second-order valence-electron chi connectivity index (χ2n) is 5.03. The summed E-state index contributed by atoms with van der Waals surface area (Å²) in [7, 11) is 5.03. The number of para-hydroxylation sites is 2. The fraction of sp³-hybridized carbons (Fsp3) is 0.176. The molecular formula is C17H17N3O2. The molecule has 112 valence electrons. The topological polar surface area (TPSA) is 45.1 Å². The lowest BCUT2D eigenvalue weighted by atomic mass is 9.99. The summed E-state index contributed by atoms with van der Waals surface area (Å²) in [5.41, 5.74) is 3.29. The van der Waals surface area contributed by atoms with E-state index in [4.69, 9.17) is 4.74 Å². The van der Waals surface area contributed by atoms with Crippen LogP contribution < -0.4 is 9.64 Å². The Morgan fingerprint density at radius 2 is 1.59 bits per heavy atom. The van der Waals surface area contributed by atoms with Crippen molar-refractivity contribution in [2.45, 2.75) is 0 Å². The molecule has 0 spiro atoms. The quantitative estimate of drug-likeness (QED) is 0.855. The molecule has 5 nitrogen and oxygen atoms in total. The number of fused-ring (bicyclic) bond motifs is 1. The Kier molecular flexibility index (Phi) is 3.55. The van der Waals surface area contributed by atoms with Crippen molar-refractivity contribution in [2.75, 3.05) is 26.1 Å². The number of carbonyl (C=O) groups excluding carboxylic acids is 1. The molecule has 22 heavy (non-hydrogen) atoms. The number of nitrogens with zero attached hydrogens (tertiary/aromatic N) is 3. The highest BCUT2D eigenvalue weighted by Crippen LogP contribution is 2.30. The minimum atomic E-state index is -0.183. The number of carbonyl (C=O) groups is 1. The Balaban J connectivity index is 2.27. The molecule has 0 N–H and O–H groups in total. The van der Waals surface area contributed by atoms with Crippen LogP contribution in [0.2, 0.25) is 0 Å². The first-order valence-electron chi connectivity index (χ1n) is 6.96. The smallest absolute Gasteiger partial charge is 0.344 e. The van der Waals surface area contributed by atoms with Crippen molar-refractivity contribution in [3.05, 3.63) is 59.7 Å². The summed E-state index contributed by atoms with van der Waals surface area (Å²) in [4.78, 5) is 14.0. The van der Waals surface area contributed by atoms with E-state index in [2.05, 4.69) is 5.10 Å². The Bertz CT molecular complexity index is 755. The average Bonchev–Trinajstić information content (AvgIpc) is 2.66. The third-order valence-corrected chi connectivity index (χ3v) is 3.70. The number of anilines is 1. The van der Waals surface area contributed by atoms with Gasteiger partial charge >= 0.3 is 6.03 Å². The van der Waals surface area contributed by atoms with Crippen LogP contribution in [0.4, 0.5) is 10.5 Å². The number of rotatable bonds is 2. The van der Waals surface area contributed by atoms with Crippen molar-refractivity contribution < 1.29 is 9.53 Å². The first kappa shape index (κ1) is 14.1. The summed E-state index contributed by atoms with van der Waals surface area (Å²) >= 11 is 0. The molecule has 2 amide bonds. The minimum Gasteiger partial charge on any atom is -0.496 e. The number of hydrazone groups is 1. The van der Waals surface area contributed by atoms with E-state index in [1.165, 1.54) is 5.01 Å². The van der Waals surface area contributed by atoms with E-state index in [-0.39, 0.29) is 6.03 Å². The molecule has 0 atom stereocenters. The largest absolute Gasteiger partial charge is 0.496 e. The van der Waals surface area contributed by atoms with Crippen LogP contribution in [0.15, 0.2) is 53.6 Å². The van der Waals surface area contributed by atoms with Gasteiger partial charge in [-0.25, -0.2) is 9.80 Å². The molecule has 5 heteroatoms. The zero-order valence-electron chi connectivity index (χ0n) is 12.8. The highest BCUT2D eigenvalue weighted by Gasteiger charge is 2.26. The van der Waals surface area contributed by atoms with Crippen LogP contribution in [0, 0.1) is 0 Å². The first-order chi connectivity index (χ1) is 10.6. The van der Waals surface area contributed by atoms with Crippen LogP contribution in [-0.4, -0.2) is 38.0 Å². The molecule has 0 saturated heterocycles. The van der Waals surface area contributed by atoms with Gasteiger partial charge in [0.15, 0.2) is 0 Å². The van der Waals surface area contributed by atoms with E-state index in [9.17, 15) is 4.79 Å². The van der Waals surface area contributed by atoms with Crippen molar-refractivity contribution in [1.82, 2.24) is 5.01 Å². The monoisotopic (exact) mass is 295 g/mol. The van der Waals surface area contributed by atoms with E-state index in [1.807, 2.05) is 48.5 Å². The molecule has 1 heterocycles. The molecule has 0 saturated carbocycles. The number of benzene rings is 2. The highest BCUT2D eigenvalue weighted by atomic mass is 16.5. The lowest BCUT2D eigenvalue weighted by Crippen LogP contribution is -2.34. The van der Waals surface area contributed by atoms with Crippen LogP contribution in [0.5, 0.6) is 5.75 Å². The van der Waals surface area contributed by atoms with Crippen LogP contribution >= 0.6 is 0 Å². The predicted molar refractivity (Wildman–Crippen MR) is 86.6 cm³/mol. The predicted octanol–water partition coefficient (Wildman–Crippen LogP) is 2.95. The van der Waals surface area contributed by atoms with E-state index in [1.54, 1.807) is 26.1 Å². The van der Waals surface area contributed by atoms with Gasteiger partial charge in [-0.1, -0.05) is 30.3 Å². The molecule has 2 aromatic carbocycles. The van der Waals surface area contributed by atoms with Crippen LogP contribution in [0.3, 0.4) is 0 Å². The molecule has 2 aromatic rings. The van der Waals surface area contributed by atoms with Crippen LogP contribution in [-0.2, 0) is 0 Å². The summed E-state index contributed by atoms with van der Waals surface area (Å²) in [6.45, 7) is 0. The van der Waals surface area contributed by atoms with Gasteiger partial charge in [0.05, 0.1) is 12.8 Å². The maximum absolute atomic E-state index is 12.4. The lowest BCUT2D eigenvalue weighted by Gasteiger charge is -2.19. The molecule has 1 aliphatic rings. The molecule has 0 aliphatic carbocycles. The molecule has 0 fully saturated rings. The van der Waals surface area contributed by atoms with Crippen molar-refractivity contribution in [1.29, 1.82) is 0 Å². The van der Waals surface area contributed by atoms with Crippen molar-refractivity contribution in [3.8, 4) is 5.75 Å². The van der Waals surface area contributed by atoms with Crippen molar-refractivity contribution in [3.63, 3.8) is 0 Å². The first-order valence-corrected chi connectivity index (χ1v) is 6.96. The molecule has 0 unspecified atom stereocenters. The summed E-state index contributed by atoms with van der Waals surface area (Å²) in [5.74, 6) is 0.724. The SMILES string of the molecule is COc1ccccc1C1=NN(C)C(=O)N(C)c2ccccc21. The number of hydrogen-bond donors (Lipinski definition) is 0. The van der Waals surface area contributed by atoms with E-state index < -0.39 is 0 Å². The normalized spacial score (nSPS) is 14.3. The molecule has 0 bridgehead atoms. The third-order valence-electron chi connectivity index (χ3n) is 3.70. The van der Waals surface area contributed by atoms with Gasteiger partial charge in [0.2, 0.25) is 0 Å². The molecule has 1 aliphatic heterocycles. The summed E-state index contributed by atoms with van der Waals surface area (Å²) in [5, 5.41) is 5.86.